The van der Waals surface area contributed by atoms with Gasteiger partial charge in [-0.05, 0) is 67.9 Å². The van der Waals surface area contributed by atoms with Crippen LogP contribution in [0.15, 0.2) is 48.8 Å². The van der Waals surface area contributed by atoms with Crippen LogP contribution in [0.3, 0.4) is 0 Å². The number of hydrogen-bond donors (Lipinski definition) is 1. The van der Waals surface area contributed by atoms with Crippen molar-refractivity contribution in [3.05, 3.63) is 65.5 Å². The lowest BCUT2D eigenvalue weighted by atomic mass is 9.90. The third kappa shape index (κ3) is 6.88. The smallest absolute Gasteiger partial charge is 0.308 e. The monoisotopic (exact) mass is 519 g/mol. The minimum atomic E-state index is -0.682. The van der Waals surface area contributed by atoms with E-state index in [0.29, 0.717) is 6.42 Å². The largest absolute Gasteiger partial charge is 0.466 e. The number of nitrogens with one attached hydrogen (secondary N) is 1. The summed E-state index contributed by atoms with van der Waals surface area (Å²) >= 11 is 0. The molecule has 1 aliphatic heterocycles. The number of hydrogen-bond acceptors (Lipinski definition) is 5. The van der Waals surface area contributed by atoms with E-state index < -0.39 is 18.1 Å². The van der Waals surface area contributed by atoms with Gasteiger partial charge in [-0.2, -0.15) is 0 Å². The first-order valence-corrected chi connectivity index (χ1v) is 13.5. The lowest BCUT2D eigenvalue weighted by molar-refractivity contribution is -0.145. The molecule has 7 heteroatoms. The molecular formula is C31H41N3O4. The highest BCUT2D eigenvalue weighted by Gasteiger charge is 2.36. The zero-order chi connectivity index (χ0) is 28.0. The van der Waals surface area contributed by atoms with E-state index in [1.165, 1.54) is 0 Å². The van der Waals surface area contributed by atoms with E-state index in [-0.39, 0.29) is 42.6 Å². The number of aryl methyl sites for hydroxylation is 2. The topological polar surface area (TPSA) is 88.6 Å². The fraction of sp³-hybridized carbons (Fsp3) is 0.484. The van der Waals surface area contributed by atoms with Crippen molar-refractivity contribution in [3.8, 4) is 11.3 Å². The fourth-order valence-corrected chi connectivity index (χ4v) is 4.91. The van der Waals surface area contributed by atoms with Crippen LogP contribution in [-0.2, 0) is 19.1 Å². The van der Waals surface area contributed by atoms with Crippen LogP contribution in [0.1, 0.15) is 70.2 Å². The molecule has 0 fully saturated rings. The van der Waals surface area contributed by atoms with Gasteiger partial charge in [-0.15, -0.1) is 0 Å². The number of aromatic nitrogens is 1. The van der Waals surface area contributed by atoms with Crippen molar-refractivity contribution >= 4 is 17.8 Å². The second-order valence-electron chi connectivity index (χ2n) is 10.7. The van der Waals surface area contributed by atoms with Crippen molar-refractivity contribution in [1.82, 2.24) is 15.2 Å². The molecule has 1 N–H and O–H groups in total. The van der Waals surface area contributed by atoms with Crippen LogP contribution in [-0.4, -0.2) is 40.3 Å². The summed E-state index contributed by atoms with van der Waals surface area (Å²) in [5.41, 5.74) is 4.75. The van der Waals surface area contributed by atoms with Crippen LogP contribution in [0.2, 0.25) is 0 Å². The van der Waals surface area contributed by atoms with Crippen molar-refractivity contribution < 1.29 is 19.1 Å². The molecule has 0 radical (unpaired) electrons. The van der Waals surface area contributed by atoms with Crippen molar-refractivity contribution in [1.29, 1.82) is 0 Å². The second-order valence-corrected chi connectivity index (χ2v) is 10.7. The lowest BCUT2D eigenvalue weighted by Gasteiger charge is -2.36. The molecule has 2 heterocycles. The number of nitrogens with zero attached hydrogens (tertiary/aromatic N) is 2. The van der Waals surface area contributed by atoms with E-state index >= 15 is 0 Å². The first-order valence-electron chi connectivity index (χ1n) is 13.5. The third-order valence-corrected chi connectivity index (χ3v) is 7.23. The Bertz CT molecular complexity index is 1170. The minimum absolute atomic E-state index is 0.0264. The van der Waals surface area contributed by atoms with Crippen molar-refractivity contribution in [3.63, 3.8) is 0 Å². The van der Waals surface area contributed by atoms with E-state index in [4.69, 9.17) is 4.74 Å². The highest BCUT2D eigenvalue weighted by Crippen LogP contribution is 2.30. The molecule has 4 atom stereocenters. The number of carbonyl (C=O) groups excluding carboxylic acids is 3. The van der Waals surface area contributed by atoms with Crippen LogP contribution in [0.5, 0.6) is 0 Å². The Hall–Kier alpha value is -3.48. The molecule has 0 aliphatic carbocycles. The molecule has 1 aliphatic rings. The quantitative estimate of drug-likeness (QED) is 0.418. The van der Waals surface area contributed by atoms with Gasteiger partial charge in [0.25, 0.3) is 0 Å². The lowest BCUT2D eigenvalue weighted by Crippen LogP contribution is -2.51. The fourth-order valence-electron chi connectivity index (χ4n) is 4.91. The number of amides is 2. The average Bonchev–Trinajstić information content (AvgIpc) is 2.86. The van der Waals surface area contributed by atoms with E-state index in [1.807, 2.05) is 78.0 Å². The molecule has 0 bridgehead atoms. The Morgan fingerprint density at radius 3 is 2.45 bits per heavy atom. The van der Waals surface area contributed by atoms with E-state index in [0.717, 1.165) is 27.9 Å². The number of allylic oxidation sites excluding steroid dienone is 1. The highest BCUT2D eigenvalue weighted by molar-refractivity contribution is 5.90. The molecule has 2 amide bonds. The van der Waals surface area contributed by atoms with Crippen LogP contribution in [0.25, 0.3) is 11.3 Å². The maximum Gasteiger partial charge on any atom is 0.308 e. The predicted molar refractivity (Wildman–Crippen MR) is 149 cm³/mol. The molecule has 0 spiro atoms. The summed E-state index contributed by atoms with van der Waals surface area (Å²) in [6, 6.07) is 8.50. The van der Waals surface area contributed by atoms with E-state index in [2.05, 4.69) is 10.3 Å². The zero-order valence-electron chi connectivity index (χ0n) is 23.7. The summed E-state index contributed by atoms with van der Waals surface area (Å²) < 4.78 is 5.23. The number of carbonyl (C=O) groups is 3. The molecule has 0 saturated heterocycles. The van der Waals surface area contributed by atoms with Gasteiger partial charge < -0.3 is 15.0 Å². The molecule has 204 valence electrons. The first kappa shape index (κ1) is 29.1. The van der Waals surface area contributed by atoms with Gasteiger partial charge in [0.05, 0.1) is 24.8 Å². The Morgan fingerprint density at radius 1 is 1.13 bits per heavy atom. The molecule has 2 aromatic rings. The summed E-state index contributed by atoms with van der Waals surface area (Å²) in [5, 5.41) is 3.08. The van der Waals surface area contributed by atoms with Gasteiger partial charge in [-0.1, -0.05) is 52.0 Å². The van der Waals surface area contributed by atoms with Crippen LogP contribution >= 0.6 is 0 Å². The molecule has 3 rings (SSSR count). The molecule has 0 saturated carbocycles. The highest BCUT2D eigenvalue weighted by atomic mass is 16.5. The number of ether oxygens (including phenoxy) is 1. The molecule has 1 aromatic heterocycles. The Labute approximate surface area is 226 Å². The Balaban J connectivity index is 1.97. The maximum absolute atomic E-state index is 13.8. The average molecular weight is 520 g/mol. The van der Waals surface area contributed by atoms with Crippen LogP contribution in [0.4, 0.5) is 0 Å². The van der Waals surface area contributed by atoms with E-state index in [1.54, 1.807) is 24.2 Å². The normalized spacial score (nSPS) is 18.8. The molecule has 7 nitrogen and oxygen atoms in total. The number of rotatable bonds is 10. The third-order valence-electron chi connectivity index (χ3n) is 7.23. The first-order chi connectivity index (χ1) is 18.0. The standard InChI is InChI=1S/C31H41N3O4/c1-8-38-28(35)18-25(24-12-14-32-26(17-24)29-21(5)10-9-11-22(29)6)33-30(36)27(16-19(2)3)34-15-13-20(4)23(7)31(34)37/h9-15,17,19-20,23,25,27H,8,16,18H2,1-7H3,(H,33,36). The SMILES string of the molecule is CCOC(=O)CC(NC(=O)C(CC(C)C)N1C=CC(C)C(C)C1=O)c1ccnc(-c2c(C)cccc2C)c1. The summed E-state index contributed by atoms with van der Waals surface area (Å²) in [6.07, 6.45) is 5.89. The molecule has 4 unspecified atom stereocenters. The Kier molecular flexibility index (Phi) is 9.84. The van der Waals surface area contributed by atoms with Gasteiger partial charge in [0, 0.05) is 23.9 Å². The van der Waals surface area contributed by atoms with Crippen LogP contribution < -0.4 is 5.32 Å². The van der Waals surface area contributed by atoms with Gasteiger partial charge >= 0.3 is 5.97 Å². The van der Waals surface area contributed by atoms with Crippen molar-refractivity contribution in [2.45, 2.75) is 73.4 Å². The number of pyridine rings is 1. The molecule has 38 heavy (non-hydrogen) atoms. The van der Waals surface area contributed by atoms with Gasteiger partial charge in [0.1, 0.15) is 6.04 Å². The second kappa shape index (κ2) is 12.9. The van der Waals surface area contributed by atoms with Gasteiger partial charge in [-0.25, -0.2) is 0 Å². The van der Waals surface area contributed by atoms with Gasteiger partial charge in [-0.3, -0.25) is 19.4 Å². The predicted octanol–water partition coefficient (Wildman–Crippen LogP) is 5.52. The molecule has 1 aromatic carbocycles. The van der Waals surface area contributed by atoms with E-state index in [9.17, 15) is 14.4 Å². The van der Waals surface area contributed by atoms with Gasteiger partial charge in [0.2, 0.25) is 11.8 Å². The minimum Gasteiger partial charge on any atom is -0.466 e. The Morgan fingerprint density at radius 2 is 1.82 bits per heavy atom. The van der Waals surface area contributed by atoms with Crippen LogP contribution in [0, 0.1) is 31.6 Å². The number of benzene rings is 1. The van der Waals surface area contributed by atoms with Crippen molar-refractivity contribution in [2.24, 2.45) is 17.8 Å². The molecular weight excluding hydrogens is 478 g/mol. The summed E-state index contributed by atoms with van der Waals surface area (Å²) in [7, 11) is 0. The summed E-state index contributed by atoms with van der Waals surface area (Å²) in [6.45, 7) is 14.0. The van der Waals surface area contributed by atoms with Gasteiger partial charge in [0.15, 0.2) is 0 Å². The maximum atomic E-state index is 13.8. The number of esters is 1. The van der Waals surface area contributed by atoms with Crippen molar-refractivity contribution in [2.75, 3.05) is 6.61 Å². The summed E-state index contributed by atoms with van der Waals surface area (Å²) in [5.74, 6) is -0.681. The zero-order valence-corrected chi connectivity index (χ0v) is 23.7. The summed E-state index contributed by atoms with van der Waals surface area (Å²) in [4.78, 5) is 45.7.